The molecule has 0 aliphatic carbocycles. The first-order valence-corrected chi connectivity index (χ1v) is 7.28. The lowest BCUT2D eigenvalue weighted by Crippen LogP contribution is -2.02. The summed E-state index contributed by atoms with van der Waals surface area (Å²) in [6.07, 6.45) is 1.62. The highest BCUT2D eigenvalue weighted by atomic mass is 79.9. The molecule has 0 unspecified atom stereocenters. The number of methoxy groups -OCH3 is 2. The Morgan fingerprint density at radius 3 is 2.23 bits per heavy atom. The van der Waals surface area contributed by atoms with Crippen LogP contribution in [-0.2, 0) is 4.79 Å². The predicted octanol–water partition coefficient (Wildman–Crippen LogP) is 4.09. The van der Waals surface area contributed by atoms with Crippen LogP contribution in [-0.4, -0.2) is 25.3 Å². The molecule has 0 radical (unpaired) electrons. The molecule has 0 spiro atoms. The summed E-state index contributed by atoms with van der Waals surface area (Å²) in [6, 6.07) is 12.6. The molecule has 2 rings (SSSR count). The second kappa shape index (κ2) is 7.13. The van der Waals surface area contributed by atoms with Crippen LogP contribution in [0, 0.1) is 0 Å². The Morgan fingerprint density at radius 1 is 1.09 bits per heavy atom. The van der Waals surface area contributed by atoms with E-state index in [2.05, 4.69) is 15.9 Å². The first kappa shape index (κ1) is 16.1. The number of halogens is 1. The number of hydrogen-bond acceptors (Lipinski definition) is 3. The van der Waals surface area contributed by atoms with Crippen molar-refractivity contribution >= 4 is 33.5 Å². The maximum absolute atomic E-state index is 11.6. The Labute approximate surface area is 137 Å². The maximum Gasteiger partial charge on any atom is 0.336 e. The number of carboxylic acids is 1. The molecule has 0 amide bonds. The van der Waals surface area contributed by atoms with E-state index in [1.807, 2.05) is 30.3 Å². The molecular weight excluding hydrogens is 348 g/mol. The van der Waals surface area contributed by atoms with Crippen LogP contribution < -0.4 is 9.47 Å². The summed E-state index contributed by atoms with van der Waals surface area (Å²) in [4.78, 5) is 11.6. The molecule has 0 heterocycles. The molecule has 0 fully saturated rings. The average molecular weight is 363 g/mol. The first-order chi connectivity index (χ1) is 10.6. The fourth-order valence-electron chi connectivity index (χ4n) is 2.03. The number of aliphatic carboxylic acids is 1. The summed E-state index contributed by atoms with van der Waals surface area (Å²) >= 11 is 3.39. The van der Waals surface area contributed by atoms with Gasteiger partial charge in [0.25, 0.3) is 0 Å². The van der Waals surface area contributed by atoms with Crippen LogP contribution in [0.1, 0.15) is 11.1 Å². The van der Waals surface area contributed by atoms with Crippen LogP contribution in [0.25, 0.3) is 11.6 Å². The van der Waals surface area contributed by atoms with E-state index >= 15 is 0 Å². The van der Waals surface area contributed by atoms with Crippen molar-refractivity contribution < 1.29 is 19.4 Å². The van der Waals surface area contributed by atoms with E-state index in [9.17, 15) is 9.90 Å². The fourth-order valence-corrected chi connectivity index (χ4v) is 2.57. The van der Waals surface area contributed by atoms with Crippen molar-refractivity contribution in [3.63, 3.8) is 0 Å². The summed E-state index contributed by atoms with van der Waals surface area (Å²) in [7, 11) is 3.04. The van der Waals surface area contributed by atoms with E-state index < -0.39 is 5.97 Å². The molecule has 2 aromatic carbocycles. The first-order valence-electron chi connectivity index (χ1n) is 6.48. The van der Waals surface area contributed by atoms with Gasteiger partial charge in [0.1, 0.15) is 0 Å². The summed E-state index contributed by atoms with van der Waals surface area (Å²) < 4.78 is 11.1. The monoisotopic (exact) mass is 362 g/mol. The van der Waals surface area contributed by atoms with Crippen molar-refractivity contribution in [1.29, 1.82) is 0 Å². The molecular formula is C17H15BrO4. The van der Waals surface area contributed by atoms with Crippen LogP contribution >= 0.6 is 15.9 Å². The van der Waals surface area contributed by atoms with Gasteiger partial charge >= 0.3 is 5.97 Å². The van der Waals surface area contributed by atoms with Crippen LogP contribution in [0.4, 0.5) is 0 Å². The van der Waals surface area contributed by atoms with E-state index in [0.717, 1.165) is 5.56 Å². The summed E-state index contributed by atoms with van der Waals surface area (Å²) in [5.41, 5.74) is 1.50. The van der Waals surface area contributed by atoms with Crippen molar-refractivity contribution in [1.82, 2.24) is 0 Å². The number of carboxylic acid groups (broad SMARTS) is 1. The zero-order valence-electron chi connectivity index (χ0n) is 12.2. The van der Waals surface area contributed by atoms with Gasteiger partial charge in [0.2, 0.25) is 0 Å². The Hall–Kier alpha value is -2.27. The number of benzene rings is 2. The minimum Gasteiger partial charge on any atom is -0.493 e. The van der Waals surface area contributed by atoms with Gasteiger partial charge in [-0.25, -0.2) is 4.79 Å². The van der Waals surface area contributed by atoms with Gasteiger partial charge in [0.15, 0.2) is 11.5 Å². The van der Waals surface area contributed by atoms with E-state index in [1.54, 1.807) is 18.2 Å². The SMILES string of the molecule is COc1cc(Br)c(/C(=C/c2ccccc2)C(=O)O)cc1OC. The van der Waals surface area contributed by atoms with E-state index in [4.69, 9.17) is 9.47 Å². The molecule has 0 bridgehead atoms. The minimum atomic E-state index is -1.02. The molecule has 0 atom stereocenters. The Bertz CT molecular complexity index is 708. The quantitative estimate of drug-likeness (QED) is 0.642. The highest BCUT2D eigenvalue weighted by molar-refractivity contribution is 9.10. The van der Waals surface area contributed by atoms with Gasteiger partial charge in [-0.2, -0.15) is 0 Å². The molecule has 0 aliphatic rings. The number of ether oxygens (including phenoxy) is 2. The predicted molar refractivity (Wildman–Crippen MR) is 89.2 cm³/mol. The molecule has 2 aromatic rings. The molecule has 114 valence electrons. The second-order valence-electron chi connectivity index (χ2n) is 4.46. The standard InChI is InChI=1S/C17H15BrO4/c1-21-15-9-12(14(18)10-16(15)22-2)13(17(19)20)8-11-6-4-3-5-7-11/h3-10H,1-2H3,(H,19,20)/b13-8-. The third-order valence-corrected chi connectivity index (χ3v) is 3.76. The fraction of sp³-hybridized carbons (Fsp3) is 0.118. The number of carbonyl (C=O) groups is 1. The van der Waals surface area contributed by atoms with Crippen LogP contribution in [0.3, 0.4) is 0 Å². The smallest absolute Gasteiger partial charge is 0.336 e. The topological polar surface area (TPSA) is 55.8 Å². The van der Waals surface area contributed by atoms with Gasteiger partial charge in [0, 0.05) is 10.0 Å². The zero-order chi connectivity index (χ0) is 16.1. The number of rotatable bonds is 5. The molecule has 0 saturated carbocycles. The minimum absolute atomic E-state index is 0.166. The van der Waals surface area contributed by atoms with Gasteiger partial charge in [-0.05, 0) is 23.8 Å². The van der Waals surface area contributed by atoms with Gasteiger partial charge in [-0.15, -0.1) is 0 Å². The van der Waals surface area contributed by atoms with Crippen molar-refractivity contribution in [3.8, 4) is 11.5 Å². The third-order valence-electron chi connectivity index (χ3n) is 3.10. The molecule has 22 heavy (non-hydrogen) atoms. The number of hydrogen-bond donors (Lipinski definition) is 1. The van der Waals surface area contributed by atoms with Gasteiger partial charge in [-0.1, -0.05) is 46.3 Å². The van der Waals surface area contributed by atoms with Crippen molar-refractivity contribution in [2.24, 2.45) is 0 Å². The van der Waals surface area contributed by atoms with E-state index in [0.29, 0.717) is 21.5 Å². The van der Waals surface area contributed by atoms with Crippen molar-refractivity contribution in [2.45, 2.75) is 0 Å². The summed E-state index contributed by atoms with van der Waals surface area (Å²) in [5, 5.41) is 9.54. The lowest BCUT2D eigenvalue weighted by molar-refractivity contribution is -0.130. The zero-order valence-corrected chi connectivity index (χ0v) is 13.8. The van der Waals surface area contributed by atoms with Gasteiger partial charge in [0.05, 0.1) is 19.8 Å². The van der Waals surface area contributed by atoms with Crippen LogP contribution in [0.2, 0.25) is 0 Å². The molecule has 5 heteroatoms. The lowest BCUT2D eigenvalue weighted by atomic mass is 10.0. The Kier molecular flexibility index (Phi) is 5.22. The van der Waals surface area contributed by atoms with E-state index in [-0.39, 0.29) is 5.57 Å². The highest BCUT2D eigenvalue weighted by Gasteiger charge is 2.17. The second-order valence-corrected chi connectivity index (χ2v) is 5.32. The molecule has 0 aliphatic heterocycles. The summed E-state index contributed by atoms with van der Waals surface area (Å²) in [5.74, 6) is -0.0136. The van der Waals surface area contributed by atoms with Crippen LogP contribution in [0.5, 0.6) is 11.5 Å². The Morgan fingerprint density at radius 2 is 1.68 bits per heavy atom. The van der Waals surface area contributed by atoms with Crippen molar-refractivity contribution in [3.05, 3.63) is 58.1 Å². The highest BCUT2D eigenvalue weighted by Crippen LogP contribution is 2.37. The van der Waals surface area contributed by atoms with Crippen molar-refractivity contribution in [2.75, 3.05) is 14.2 Å². The maximum atomic E-state index is 11.6. The Balaban J connectivity index is 2.59. The van der Waals surface area contributed by atoms with Gasteiger partial charge < -0.3 is 14.6 Å². The van der Waals surface area contributed by atoms with E-state index in [1.165, 1.54) is 14.2 Å². The third kappa shape index (κ3) is 3.49. The largest absolute Gasteiger partial charge is 0.493 e. The molecule has 0 saturated heterocycles. The molecule has 1 N–H and O–H groups in total. The molecule has 0 aromatic heterocycles. The molecule has 4 nitrogen and oxygen atoms in total. The van der Waals surface area contributed by atoms with Gasteiger partial charge in [-0.3, -0.25) is 0 Å². The lowest BCUT2D eigenvalue weighted by Gasteiger charge is -2.12. The van der Waals surface area contributed by atoms with Crippen LogP contribution in [0.15, 0.2) is 46.9 Å². The normalized spacial score (nSPS) is 11.1. The average Bonchev–Trinajstić information content (AvgIpc) is 2.53. The summed E-state index contributed by atoms with van der Waals surface area (Å²) in [6.45, 7) is 0.